The van der Waals surface area contributed by atoms with Crippen LogP contribution in [0.25, 0.3) is 0 Å². The summed E-state index contributed by atoms with van der Waals surface area (Å²) in [6.07, 6.45) is -0.388. The molecule has 1 atom stereocenters. The van der Waals surface area contributed by atoms with Gasteiger partial charge in [0.1, 0.15) is 6.04 Å². The maximum absolute atomic E-state index is 11.4. The highest BCUT2D eigenvalue weighted by Gasteiger charge is 2.23. The molecule has 0 radical (unpaired) electrons. The Hall–Kier alpha value is -1.19. The molecule has 0 aromatic rings. The molecular formula is C8H16N2O6S. The maximum Gasteiger partial charge on any atom is 0.321 e. The van der Waals surface area contributed by atoms with E-state index in [9.17, 15) is 18.0 Å². The van der Waals surface area contributed by atoms with Gasteiger partial charge in [-0.25, -0.2) is 13.1 Å². The number of hydrogen-bond acceptors (Lipinski definition) is 5. The molecule has 4 N–H and O–H groups in total. The van der Waals surface area contributed by atoms with Crippen LogP contribution in [-0.2, 0) is 24.3 Å². The third kappa shape index (κ3) is 7.66. The van der Waals surface area contributed by atoms with E-state index >= 15 is 0 Å². The van der Waals surface area contributed by atoms with Crippen LogP contribution in [0.2, 0.25) is 0 Å². The van der Waals surface area contributed by atoms with Gasteiger partial charge in [-0.2, -0.15) is 0 Å². The summed E-state index contributed by atoms with van der Waals surface area (Å²) in [4.78, 5) is 21.2. The number of ether oxygens (including phenoxy) is 1. The van der Waals surface area contributed by atoms with Crippen LogP contribution in [0.4, 0.5) is 0 Å². The molecule has 0 aromatic carbocycles. The molecule has 0 aliphatic carbocycles. The predicted octanol–water partition coefficient (Wildman–Crippen LogP) is -1.73. The van der Waals surface area contributed by atoms with E-state index in [1.165, 1.54) is 7.11 Å². The number of nitrogens with one attached hydrogen (secondary N) is 1. The van der Waals surface area contributed by atoms with Crippen LogP contribution in [0.5, 0.6) is 0 Å². The highest BCUT2D eigenvalue weighted by Crippen LogP contribution is 2.00. The first-order chi connectivity index (χ1) is 7.78. The van der Waals surface area contributed by atoms with E-state index in [2.05, 4.69) is 4.74 Å². The number of amides is 1. The fourth-order valence-electron chi connectivity index (χ4n) is 0.988. The van der Waals surface area contributed by atoms with Crippen LogP contribution in [0, 0.1) is 0 Å². The van der Waals surface area contributed by atoms with Gasteiger partial charge in [0, 0.05) is 13.5 Å². The van der Waals surface area contributed by atoms with E-state index in [4.69, 9.17) is 10.8 Å². The topological polar surface area (TPSA) is 136 Å². The zero-order valence-corrected chi connectivity index (χ0v) is 10.2. The van der Waals surface area contributed by atoms with Gasteiger partial charge < -0.3 is 15.6 Å². The van der Waals surface area contributed by atoms with Gasteiger partial charge in [0.15, 0.2) is 0 Å². The lowest BCUT2D eigenvalue weighted by molar-refractivity contribution is -0.139. The standard InChI is InChI=1S/C8H16N2O6S/c1-16-4-5-17(14,15)10-6(8(12)13)2-3-7(9)11/h6,10H,2-5H2,1H3,(H2,9,11)(H,12,13). The average molecular weight is 268 g/mol. The minimum absolute atomic E-state index is 0.0442. The van der Waals surface area contributed by atoms with Crippen LogP contribution in [0.15, 0.2) is 0 Å². The molecule has 100 valence electrons. The quantitative estimate of drug-likeness (QED) is 0.454. The van der Waals surface area contributed by atoms with Crippen molar-refractivity contribution in [3.05, 3.63) is 0 Å². The van der Waals surface area contributed by atoms with Crippen LogP contribution in [-0.4, -0.2) is 50.9 Å². The number of aliphatic carboxylic acids is 1. The molecule has 0 saturated heterocycles. The molecule has 1 amide bonds. The Morgan fingerprint density at radius 1 is 1.47 bits per heavy atom. The molecule has 0 bridgehead atoms. The van der Waals surface area contributed by atoms with Gasteiger partial charge in [0.25, 0.3) is 0 Å². The van der Waals surface area contributed by atoms with Gasteiger partial charge >= 0.3 is 5.97 Å². The Balaban J connectivity index is 4.43. The summed E-state index contributed by atoms with van der Waals surface area (Å²) in [7, 11) is -2.41. The highest BCUT2D eigenvalue weighted by molar-refractivity contribution is 7.89. The lowest BCUT2D eigenvalue weighted by Crippen LogP contribution is -2.42. The third-order valence-corrected chi connectivity index (χ3v) is 3.20. The molecule has 0 rings (SSSR count). The van der Waals surface area contributed by atoms with Crippen molar-refractivity contribution in [1.29, 1.82) is 0 Å². The van der Waals surface area contributed by atoms with Gasteiger partial charge in [-0.3, -0.25) is 9.59 Å². The summed E-state index contributed by atoms with van der Waals surface area (Å²) in [5.41, 5.74) is 4.86. The Labute approximate surface area is 99.2 Å². The minimum Gasteiger partial charge on any atom is -0.480 e. The van der Waals surface area contributed by atoms with E-state index in [0.29, 0.717) is 0 Å². The maximum atomic E-state index is 11.4. The molecule has 0 heterocycles. The first-order valence-corrected chi connectivity index (χ1v) is 6.44. The zero-order chi connectivity index (χ0) is 13.5. The number of carbonyl (C=O) groups excluding carboxylic acids is 1. The Bertz CT molecular complexity index is 366. The molecule has 0 fully saturated rings. The van der Waals surface area contributed by atoms with E-state index < -0.39 is 27.9 Å². The summed E-state index contributed by atoms with van der Waals surface area (Å²) in [5.74, 6) is -2.39. The number of hydrogen-bond donors (Lipinski definition) is 3. The first-order valence-electron chi connectivity index (χ1n) is 4.78. The van der Waals surface area contributed by atoms with Gasteiger partial charge in [-0.15, -0.1) is 0 Å². The van der Waals surface area contributed by atoms with Crippen molar-refractivity contribution in [2.45, 2.75) is 18.9 Å². The Morgan fingerprint density at radius 3 is 2.47 bits per heavy atom. The second kappa shape index (κ2) is 7.20. The molecule has 9 heteroatoms. The van der Waals surface area contributed by atoms with E-state index in [1.807, 2.05) is 4.72 Å². The van der Waals surface area contributed by atoms with Gasteiger partial charge in [-0.1, -0.05) is 0 Å². The lowest BCUT2D eigenvalue weighted by Gasteiger charge is -2.13. The van der Waals surface area contributed by atoms with Crippen molar-refractivity contribution < 1.29 is 27.9 Å². The molecule has 0 aliphatic rings. The smallest absolute Gasteiger partial charge is 0.321 e. The number of primary amides is 1. The molecule has 8 nitrogen and oxygen atoms in total. The molecule has 0 saturated carbocycles. The van der Waals surface area contributed by atoms with Crippen LogP contribution in [0.1, 0.15) is 12.8 Å². The predicted molar refractivity (Wildman–Crippen MR) is 58.7 cm³/mol. The fraction of sp³-hybridized carbons (Fsp3) is 0.750. The monoisotopic (exact) mass is 268 g/mol. The summed E-state index contributed by atoms with van der Waals surface area (Å²) in [6.45, 7) is -0.0442. The third-order valence-electron chi connectivity index (χ3n) is 1.86. The van der Waals surface area contributed by atoms with E-state index in [1.54, 1.807) is 0 Å². The summed E-state index contributed by atoms with van der Waals surface area (Å²) in [5, 5.41) is 8.76. The van der Waals surface area contributed by atoms with Gasteiger partial charge in [0.2, 0.25) is 15.9 Å². The average Bonchev–Trinajstić information content (AvgIpc) is 2.20. The minimum atomic E-state index is -3.74. The van der Waals surface area contributed by atoms with Crippen LogP contribution >= 0.6 is 0 Å². The second-order valence-electron chi connectivity index (χ2n) is 3.33. The van der Waals surface area contributed by atoms with Crippen molar-refractivity contribution in [2.75, 3.05) is 19.5 Å². The number of rotatable bonds is 9. The van der Waals surface area contributed by atoms with Crippen molar-refractivity contribution in [3.63, 3.8) is 0 Å². The van der Waals surface area contributed by atoms with Crippen LogP contribution < -0.4 is 10.5 Å². The number of carboxylic acid groups (broad SMARTS) is 1. The highest BCUT2D eigenvalue weighted by atomic mass is 32.2. The van der Waals surface area contributed by atoms with Crippen molar-refractivity contribution in [3.8, 4) is 0 Å². The number of methoxy groups -OCH3 is 1. The van der Waals surface area contributed by atoms with Crippen molar-refractivity contribution >= 4 is 21.9 Å². The fourth-order valence-corrected chi connectivity index (χ4v) is 2.14. The normalized spacial score (nSPS) is 13.2. The zero-order valence-electron chi connectivity index (χ0n) is 9.38. The van der Waals surface area contributed by atoms with E-state index in [0.717, 1.165) is 0 Å². The lowest BCUT2D eigenvalue weighted by atomic mass is 10.2. The largest absolute Gasteiger partial charge is 0.480 e. The van der Waals surface area contributed by atoms with E-state index in [-0.39, 0.29) is 25.2 Å². The number of sulfonamides is 1. The van der Waals surface area contributed by atoms with Crippen molar-refractivity contribution in [2.24, 2.45) is 5.73 Å². The molecule has 0 aromatic heterocycles. The summed E-state index contributed by atoms with van der Waals surface area (Å²) >= 11 is 0. The number of carboxylic acids is 1. The SMILES string of the molecule is COCCS(=O)(=O)NC(CCC(N)=O)C(=O)O. The molecule has 17 heavy (non-hydrogen) atoms. The van der Waals surface area contributed by atoms with Crippen LogP contribution in [0.3, 0.4) is 0 Å². The molecular weight excluding hydrogens is 252 g/mol. The second-order valence-corrected chi connectivity index (χ2v) is 5.20. The Morgan fingerprint density at radius 2 is 2.06 bits per heavy atom. The summed E-state index contributed by atoms with van der Waals surface area (Å²) in [6, 6.07) is -1.36. The number of carbonyl (C=O) groups is 2. The molecule has 0 aliphatic heterocycles. The summed E-state index contributed by atoms with van der Waals surface area (Å²) < 4.78 is 29.3. The molecule has 0 spiro atoms. The first kappa shape index (κ1) is 15.8. The van der Waals surface area contributed by atoms with Crippen molar-refractivity contribution in [1.82, 2.24) is 4.72 Å². The molecule has 1 unspecified atom stereocenters. The van der Waals surface area contributed by atoms with Gasteiger partial charge in [-0.05, 0) is 6.42 Å². The number of nitrogens with two attached hydrogens (primary N) is 1. The van der Waals surface area contributed by atoms with Gasteiger partial charge in [0.05, 0.1) is 12.4 Å². The Kier molecular flexibility index (Phi) is 6.69.